The zero-order valence-electron chi connectivity index (χ0n) is 13.2. The Kier molecular flexibility index (Phi) is 7.81. The average molecular weight is 261 g/mol. The first kappa shape index (κ1) is 16.2. The summed E-state index contributed by atoms with van der Waals surface area (Å²) < 4.78 is 0. The van der Waals surface area contributed by atoms with Crippen molar-refractivity contribution in [1.29, 1.82) is 0 Å². The molecule has 0 radical (unpaired) electrons. The first-order valence-electron chi connectivity index (χ1n) is 7.87. The van der Waals surface area contributed by atoms with E-state index in [0.717, 1.165) is 5.92 Å². The van der Waals surface area contributed by atoms with E-state index >= 15 is 0 Å². The summed E-state index contributed by atoms with van der Waals surface area (Å²) in [5.74, 6) is 0.846. The summed E-state index contributed by atoms with van der Waals surface area (Å²) in [6.45, 7) is 10.2. The fourth-order valence-corrected chi connectivity index (χ4v) is 2.38. The molecule has 1 nitrogen and oxygen atoms in total. The summed E-state index contributed by atoms with van der Waals surface area (Å²) in [5, 5.41) is 3.64. The van der Waals surface area contributed by atoms with Crippen molar-refractivity contribution < 1.29 is 0 Å². The lowest BCUT2D eigenvalue weighted by Gasteiger charge is -2.14. The van der Waals surface area contributed by atoms with Crippen molar-refractivity contribution >= 4 is 0 Å². The molecule has 108 valence electrons. The Hall–Kier alpha value is -0.820. The molecule has 1 aromatic carbocycles. The predicted molar refractivity (Wildman–Crippen MR) is 85.7 cm³/mol. The van der Waals surface area contributed by atoms with Crippen LogP contribution in [0.4, 0.5) is 0 Å². The molecule has 0 saturated carbocycles. The number of benzene rings is 1. The molecule has 0 amide bonds. The zero-order valence-corrected chi connectivity index (χ0v) is 13.2. The van der Waals surface area contributed by atoms with Crippen molar-refractivity contribution in [3.63, 3.8) is 0 Å². The highest BCUT2D eigenvalue weighted by molar-refractivity contribution is 5.22. The molecule has 0 aliphatic rings. The zero-order chi connectivity index (χ0) is 14.1. The van der Waals surface area contributed by atoms with Crippen LogP contribution in [0.3, 0.4) is 0 Å². The molecular weight excluding hydrogens is 230 g/mol. The van der Waals surface area contributed by atoms with E-state index in [1.807, 2.05) is 0 Å². The van der Waals surface area contributed by atoms with Gasteiger partial charge in [-0.05, 0) is 51.1 Å². The number of hydrogen-bond acceptors (Lipinski definition) is 1. The molecule has 1 N–H and O–H groups in total. The van der Waals surface area contributed by atoms with Crippen LogP contribution in [-0.2, 0) is 6.42 Å². The summed E-state index contributed by atoms with van der Waals surface area (Å²) in [6.07, 6.45) is 6.44. The van der Waals surface area contributed by atoms with Crippen molar-refractivity contribution in [2.45, 2.75) is 65.8 Å². The van der Waals surface area contributed by atoms with Gasteiger partial charge in [0, 0.05) is 6.04 Å². The van der Waals surface area contributed by atoms with Crippen LogP contribution in [0.5, 0.6) is 0 Å². The van der Waals surface area contributed by atoms with Gasteiger partial charge in [0.2, 0.25) is 0 Å². The molecular formula is C18H31N. The summed E-state index contributed by atoms with van der Waals surface area (Å²) in [5.41, 5.74) is 2.83. The predicted octanol–water partition coefficient (Wildman–Crippen LogP) is 4.73. The third-order valence-corrected chi connectivity index (χ3v) is 3.65. The highest BCUT2D eigenvalue weighted by atomic mass is 14.9. The fraction of sp³-hybridized carbons (Fsp3) is 0.667. The van der Waals surface area contributed by atoms with E-state index in [1.165, 1.54) is 49.8 Å². The Balaban J connectivity index is 2.09. The largest absolute Gasteiger partial charge is 0.314 e. The lowest BCUT2D eigenvalue weighted by Crippen LogP contribution is -2.27. The molecule has 19 heavy (non-hydrogen) atoms. The minimum atomic E-state index is 0.625. The molecule has 0 bridgehead atoms. The maximum absolute atomic E-state index is 3.64. The van der Waals surface area contributed by atoms with E-state index in [2.05, 4.69) is 57.3 Å². The van der Waals surface area contributed by atoms with Crippen LogP contribution in [0, 0.1) is 12.8 Å². The summed E-state index contributed by atoms with van der Waals surface area (Å²) in [7, 11) is 0. The first-order valence-corrected chi connectivity index (χ1v) is 7.87. The van der Waals surface area contributed by atoms with Gasteiger partial charge in [-0.3, -0.25) is 0 Å². The van der Waals surface area contributed by atoms with Gasteiger partial charge in [-0.2, -0.15) is 0 Å². The van der Waals surface area contributed by atoms with Crippen LogP contribution in [0.15, 0.2) is 24.3 Å². The topological polar surface area (TPSA) is 12.0 Å². The SMILES string of the molecule is Cc1cccc(CCC(C)NCCCCC(C)C)c1. The van der Waals surface area contributed by atoms with Crippen molar-refractivity contribution in [2.24, 2.45) is 5.92 Å². The van der Waals surface area contributed by atoms with Crippen LogP contribution in [-0.4, -0.2) is 12.6 Å². The highest BCUT2D eigenvalue weighted by Crippen LogP contribution is 2.09. The quantitative estimate of drug-likeness (QED) is 0.634. The highest BCUT2D eigenvalue weighted by Gasteiger charge is 2.02. The van der Waals surface area contributed by atoms with Gasteiger partial charge in [0.1, 0.15) is 0 Å². The van der Waals surface area contributed by atoms with Crippen LogP contribution < -0.4 is 5.32 Å². The normalized spacial score (nSPS) is 12.9. The van der Waals surface area contributed by atoms with Gasteiger partial charge < -0.3 is 5.32 Å². The second-order valence-corrected chi connectivity index (χ2v) is 6.27. The van der Waals surface area contributed by atoms with E-state index in [9.17, 15) is 0 Å². The molecule has 1 unspecified atom stereocenters. The number of nitrogens with one attached hydrogen (secondary N) is 1. The smallest absolute Gasteiger partial charge is 0.00418 e. The van der Waals surface area contributed by atoms with E-state index < -0.39 is 0 Å². The first-order chi connectivity index (χ1) is 9.08. The molecule has 0 heterocycles. The monoisotopic (exact) mass is 261 g/mol. The van der Waals surface area contributed by atoms with E-state index in [4.69, 9.17) is 0 Å². The molecule has 1 atom stereocenters. The van der Waals surface area contributed by atoms with Crippen LogP contribution in [0.1, 0.15) is 57.6 Å². The van der Waals surface area contributed by atoms with Gasteiger partial charge in [0.15, 0.2) is 0 Å². The van der Waals surface area contributed by atoms with Crippen molar-refractivity contribution in [3.05, 3.63) is 35.4 Å². The summed E-state index contributed by atoms with van der Waals surface area (Å²) in [4.78, 5) is 0. The van der Waals surface area contributed by atoms with Gasteiger partial charge >= 0.3 is 0 Å². The number of rotatable bonds is 9. The Morgan fingerprint density at radius 3 is 2.53 bits per heavy atom. The Labute approximate surface area is 119 Å². The fourth-order valence-electron chi connectivity index (χ4n) is 2.38. The van der Waals surface area contributed by atoms with Gasteiger partial charge in [0.25, 0.3) is 0 Å². The molecule has 1 rings (SSSR count). The van der Waals surface area contributed by atoms with Gasteiger partial charge in [-0.1, -0.05) is 56.5 Å². The number of unbranched alkanes of at least 4 members (excludes halogenated alkanes) is 1. The van der Waals surface area contributed by atoms with Crippen LogP contribution in [0.25, 0.3) is 0 Å². The molecule has 0 aromatic heterocycles. The van der Waals surface area contributed by atoms with Gasteiger partial charge in [-0.25, -0.2) is 0 Å². The summed E-state index contributed by atoms with van der Waals surface area (Å²) >= 11 is 0. The molecule has 0 spiro atoms. The average Bonchev–Trinajstić information content (AvgIpc) is 2.35. The standard InChI is InChI=1S/C18H31N/c1-15(2)8-5-6-13-19-17(4)11-12-18-10-7-9-16(3)14-18/h7,9-10,14-15,17,19H,5-6,8,11-13H2,1-4H3. The second kappa shape index (κ2) is 9.14. The Morgan fingerprint density at radius 1 is 1.05 bits per heavy atom. The van der Waals surface area contributed by atoms with Gasteiger partial charge in [0.05, 0.1) is 0 Å². The van der Waals surface area contributed by atoms with Crippen LogP contribution in [0.2, 0.25) is 0 Å². The molecule has 0 aliphatic carbocycles. The molecule has 0 saturated heterocycles. The van der Waals surface area contributed by atoms with Crippen molar-refractivity contribution in [2.75, 3.05) is 6.54 Å². The Bertz CT molecular complexity index is 343. The second-order valence-electron chi connectivity index (χ2n) is 6.27. The lowest BCUT2D eigenvalue weighted by molar-refractivity contribution is 0.475. The van der Waals surface area contributed by atoms with Gasteiger partial charge in [-0.15, -0.1) is 0 Å². The minimum absolute atomic E-state index is 0.625. The molecule has 0 aliphatic heterocycles. The molecule has 1 aromatic rings. The third kappa shape index (κ3) is 8.05. The minimum Gasteiger partial charge on any atom is -0.314 e. The van der Waals surface area contributed by atoms with Crippen LogP contribution >= 0.6 is 0 Å². The number of aryl methyl sites for hydroxylation is 2. The molecule has 0 fully saturated rings. The maximum atomic E-state index is 3.64. The van der Waals surface area contributed by atoms with E-state index in [-0.39, 0.29) is 0 Å². The summed E-state index contributed by atoms with van der Waals surface area (Å²) in [6, 6.07) is 9.49. The lowest BCUT2D eigenvalue weighted by atomic mass is 10.0. The molecule has 1 heteroatoms. The number of hydrogen-bond donors (Lipinski definition) is 1. The van der Waals surface area contributed by atoms with E-state index in [1.54, 1.807) is 0 Å². The van der Waals surface area contributed by atoms with E-state index in [0.29, 0.717) is 6.04 Å². The third-order valence-electron chi connectivity index (χ3n) is 3.65. The van der Waals surface area contributed by atoms with Crippen molar-refractivity contribution in [3.8, 4) is 0 Å². The van der Waals surface area contributed by atoms with Crippen molar-refractivity contribution in [1.82, 2.24) is 5.32 Å². The Morgan fingerprint density at radius 2 is 1.84 bits per heavy atom. The maximum Gasteiger partial charge on any atom is 0.00418 e.